The van der Waals surface area contributed by atoms with Gasteiger partial charge in [-0.25, -0.2) is 4.79 Å². The first-order chi connectivity index (χ1) is 12.5. The third kappa shape index (κ3) is 4.03. The van der Waals surface area contributed by atoms with E-state index in [-0.39, 0.29) is 12.4 Å². The van der Waals surface area contributed by atoms with E-state index in [4.69, 9.17) is 4.74 Å². The highest BCUT2D eigenvalue weighted by molar-refractivity contribution is 5.69. The van der Waals surface area contributed by atoms with E-state index in [2.05, 4.69) is 5.10 Å². The molecule has 6 nitrogen and oxygen atoms in total. The topological polar surface area (TPSA) is 67.6 Å². The van der Waals surface area contributed by atoms with Crippen LogP contribution in [-0.4, -0.2) is 32.9 Å². The Kier molecular flexibility index (Phi) is 5.22. The van der Waals surface area contributed by atoms with Crippen LogP contribution in [0.15, 0.2) is 60.8 Å². The first kappa shape index (κ1) is 17.5. The van der Waals surface area contributed by atoms with Crippen LogP contribution in [-0.2, 0) is 24.9 Å². The number of benzene rings is 2. The lowest BCUT2D eigenvalue weighted by Crippen LogP contribution is -2.27. The van der Waals surface area contributed by atoms with Gasteiger partial charge >= 0.3 is 6.09 Å². The molecule has 0 saturated heterocycles. The van der Waals surface area contributed by atoms with Gasteiger partial charge in [-0.3, -0.25) is 4.68 Å². The van der Waals surface area contributed by atoms with Gasteiger partial charge in [-0.05, 0) is 23.3 Å². The summed E-state index contributed by atoms with van der Waals surface area (Å²) in [7, 11) is 3.51. The second-order valence-electron chi connectivity index (χ2n) is 6.07. The molecule has 3 aromatic rings. The van der Waals surface area contributed by atoms with E-state index >= 15 is 0 Å². The zero-order chi connectivity index (χ0) is 18.5. The third-order valence-corrected chi connectivity index (χ3v) is 4.15. The fourth-order valence-corrected chi connectivity index (χ4v) is 2.68. The van der Waals surface area contributed by atoms with E-state index in [9.17, 15) is 9.90 Å². The Bertz CT molecular complexity index is 873. The number of aromatic hydroxyl groups is 1. The van der Waals surface area contributed by atoms with Crippen LogP contribution in [0, 0.1) is 0 Å². The molecule has 0 aliphatic rings. The molecule has 0 bridgehead atoms. The highest BCUT2D eigenvalue weighted by Crippen LogP contribution is 2.25. The summed E-state index contributed by atoms with van der Waals surface area (Å²) in [5.41, 5.74) is 3.60. The highest BCUT2D eigenvalue weighted by atomic mass is 16.6. The van der Waals surface area contributed by atoms with Gasteiger partial charge < -0.3 is 14.7 Å². The van der Waals surface area contributed by atoms with Gasteiger partial charge in [0.05, 0.1) is 11.9 Å². The van der Waals surface area contributed by atoms with E-state index in [1.54, 1.807) is 49.2 Å². The molecule has 0 aliphatic heterocycles. The lowest BCUT2D eigenvalue weighted by molar-refractivity contribution is 0.101. The normalized spacial score (nSPS) is 10.5. The summed E-state index contributed by atoms with van der Waals surface area (Å²) in [6.45, 7) is 0.598. The molecule has 0 unspecified atom stereocenters. The first-order valence-electron chi connectivity index (χ1n) is 8.26. The maximum atomic E-state index is 12.3. The Labute approximate surface area is 152 Å². The van der Waals surface area contributed by atoms with Crippen molar-refractivity contribution in [1.29, 1.82) is 0 Å². The minimum Gasteiger partial charge on any atom is -0.508 e. The van der Waals surface area contributed by atoms with E-state index in [1.807, 2.05) is 30.3 Å². The summed E-state index contributed by atoms with van der Waals surface area (Å²) in [5.74, 6) is 0.202. The number of aromatic nitrogens is 2. The maximum absolute atomic E-state index is 12.3. The summed E-state index contributed by atoms with van der Waals surface area (Å²) in [4.78, 5) is 13.8. The summed E-state index contributed by atoms with van der Waals surface area (Å²) >= 11 is 0. The minimum atomic E-state index is -0.397. The van der Waals surface area contributed by atoms with Crippen LogP contribution in [0.1, 0.15) is 11.3 Å². The van der Waals surface area contributed by atoms with Crippen LogP contribution in [0.5, 0.6) is 5.75 Å². The second kappa shape index (κ2) is 7.74. The Balaban J connectivity index is 1.67. The number of aryl methyl sites for hydroxylation is 1. The molecule has 0 atom stereocenters. The average Bonchev–Trinajstić information content (AvgIpc) is 3.01. The molecular formula is C20H21N3O3. The molecule has 0 spiro atoms. The highest BCUT2D eigenvalue weighted by Gasteiger charge is 2.15. The van der Waals surface area contributed by atoms with Gasteiger partial charge in [0.25, 0.3) is 0 Å². The van der Waals surface area contributed by atoms with Crippen molar-refractivity contribution in [2.24, 2.45) is 7.05 Å². The van der Waals surface area contributed by atoms with Crippen molar-refractivity contribution >= 4 is 6.09 Å². The standard InChI is InChI=1S/C20H21N3O3/c1-22(13-15-6-4-3-5-7-15)20(25)26-14-19-18(12-21-23(19)2)16-8-10-17(24)11-9-16/h3-12,24H,13-14H2,1-2H3. The van der Waals surface area contributed by atoms with Crippen molar-refractivity contribution in [2.45, 2.75) is 13.2 Å². The molecule has 0 aliphatic carbocycles. The number of carbonyl (C=O) groups is 1. The smallest absolute Gasteiger partial charge is 0.410 e. The van der Waals surface area contributed by atoms with Crippen molar-refractivity contribution in [1.82, 2.24) is 14.7 Å². The predicted molar refractivity (Wildman–Crippen MR) is 98.4 cm³/mol. The number of amides is 1. The number of hydrogen-bond acceptors (Lipinski definition) is 4. The molecule has 0 saturated carbocycles. The zero-order valence-electron chi connectivity index (χ0n) is 14.8. The Morgan fingerprint density at radius 1 is 1.15 bits per heavy atom. The van der Waals surface area contributed by atoms with Crippen LogP contribution in [0.25, 0.3) is 11.1 Å². The number of phenolic OH excluding ortho intramolecular Hbond substituents is 1. The molecular weight excluding hydrogens is 330 g/mol. The molecule has 2 aromatic carbocycles. The van der Waals surface area contributed by atoms with Gasteiger partial charge in [0.1, 0.15) is 12.4 Å². The summed E-state index contributed by atoms with van der Waals surface area (Å²) in [6.07, 6.45) is 1.33. The van der Waals surface area contributed by atoms with Crippen molar-refractivity contribution in [2.75, 3.05) is 7.05 Å². The SMILES string of the molecule is CN(Cc1ccccc1)C(=O)OCc1c(-c2ccc(O)cc2)cnn1C. The van der Waals surface area contributed by atoms with Crippen molar-refractivity contribution < 1.29 is 14.6 Å². The van der Waals surface area contributed by atoms with Crippen LogP contribution < -0.4 is 0 Å². The molecule has 3 rings (SSSR count). The van der Waals surface area contributed by atoms with E-state index < -0.39 is 6.09 Å². The summed E-state index contributed by atoms with van der Waals surface area (Å²) < 4.78 is 7.15. The number of rotatable bonds is 5. The lowest BCUT2D eigenvalue weighted by atomic mass is 10.1. The van der Waals surface area contributed by atoms with Crippen LogP contribution >= 0.6 is 0 Å². The molecule has 1 aromatic heterocycles. The Morgan fingerprint density at radius 3 is 2.54 bits per heavy atom. The van der Waals surface area contributed by atoms with E-state index in [0.717, 1.165) is 22.4 Å². The molecule has 1 N–H and O–H groups in total. The van der Waals surface area contributed by atoms with E-state index in [1.165, 1.54) is 4.90 Å². The lowest BCUT2D eigenvalue weighted by Gasteiger charge is -2.17. The molecule has 0 fully saturated rings. The monoisotopic (exact) mass is 351 g/mol. The molecule has 26 heavy (non-hydrogen) atoms. The molecule has 1 amide bonds. The maximum Gasteiger partial charge on any atom is 0.410 e. The molecule has 0 radical (unpaired) electrons. The fourth-order valence-electron chi connectivity index (χ4n) is 2.68. The fraction of sp³-hybridized carbons (Fsp3) is 0.200. The predicted octanol–water partition coefficient (Wildman–Crippen LogP) is 3.56. The zero-order valence-corrected chi connectivity index (χ0v) is 14.8. The van der Waals surface area contributed by atoms with Gasteiger partial charge in [-0.2, -0.15) is 5.10 Å². The van der Waals surface area contributed by atoms with Crippen LogP contribution in [0.4, 0.5) is 4.79 Å². The van der Waals surface area contributed by atoms with Gasteiger partial charge in [0.2, 0.25) is 0 Å². The first-order valence-corrected chi connectivity index (χ1v) is 8.26. The Hall–Kier alpha value is -3.28. The Morgan fingerprint density at radius 2 is 1.85 bits per heavy atom. The van der Waals surface area contributed by atoms with Gasteiger partial charge in [-0.15, -0.1) is 0 Å². The number of phenols is 1. The van der Waals surface area contributed by atoms with Crippen LogP contribution in [0.2, 0.25) is 0 Å². The van der Waals surface area contributed by atoms with Gasteiger partial charge in [-0.1, -0.05) is 42.5 Å². The summed E-state index contributed by atoms with van der Waals surface area (Å²) in [6, 6.07) is 16.6. The van der Waals surface area contributed by atoms with Gasteiger partial charge in [0, 0.05) is 26.2 Å². The van der Waals surface area contributed by atoms with Crippen LogP contribution in [0.3, 0.4) is 0 Å². The van der Waals surface area contributed by atoms with Crippen molar-refractivity contribution in [3.63, 3.8) is 0 Å². The number of carbonyl (C=O) groups excluding carboxylic acids is 1. The minimum absolute atomic E-state index is 0.116. The number of nitrogens with zero attached hydrogens (tertiary/aromatic N) is 3. The van der Waals surface area contributed by atoms with E-state index in [0.29, 0.717) is 6.54 Å². The second-order valence-corrected chi connectivity index (χ2v) is 6.07. The number of ether oxygens (including phenoxy) is 1. The summed E-state index contributed by atoms with van der Waals surface area (Å²) in [5, 5.41) is 13.7. The molecule has 1 heterocycles. The largest absolute Gasteiger partial charge is 0.508 e. The van der Waals surface area contributed by atoms with Crippen molar-refractivity contribution in [3.05, 3.63) is 72.1 Å². The number of hydrogen-bond donors (Lipinski definition) is 1. The quantitative estimate of drug-likeness (QED) is 0.763. The third-order valence-electron chi connectivity index (χ3n) is 4.15. The van der Waals surface area contributed by atoms with Gasteiger partial charge in [0.15, 0.2) is 0 Å². The molecule has 134 valence electrons. The molecule has 6 heteroatoms. The van der Waals surface area contributed by atoms with Crippen molar-refractivity contribution in [3.8, 4) is 16.9 Å². The average molecular weight is 351 g/mol.